The Labute approximate surface area is 122 Å². The van der Waals surface area contributed by atoms with Gasteiger partial charge in [-0.15, -0.1) is 0 Å². The number of hydrogen-bond acceptors (Lipinski definition) is 5. The molecule has 0 saturated carbocycles. The number of rotatable bonds is 3. The Bertz CT molecular complexity index is 590. The summed E-state index contributed by atoms with van der Waals surface area (Å²) in [5.41, 5.74) is -1.44. The Balaban J connectivity index is 1.93. The Morgan fingerprint density at radius 1 is 1.57 bits per heavy atom. The number of fused-ring (bicyclic) bond motifs is 1. The zero-order valence-corrected chi connectivity index (χ0v) is 11.8. The van der Waals surface area contributed by atoms with Gasteiger partial charge in [-0.1, -0.05) is 6.07 Å². The number of methoxy groups -OCH3 is 1. The van der Waals surface area contributed by atoms with Crippen LogP contribution in [0.4, 0.5) is 4.39 Å². The van der Waals surface area contributed by atoms with E-state index in [2.05, 4.69) is 15.0 Å². The highest BCUT2D eigenvalue weighted by atomic mass is 19.1. The zero-order chi connectivity index (χ0) is 14.9. The normalized spacial score (nSPS) is 27.3. The van der Waals surface area contributed by atoms with E-state index in [1.165, 1.54) is 7.11 Å². The first kappa shape index (κ1) is 13.9. The fourth-order valence-corrected chi connectivity index (χ4v) is 2.81. The maximum absolute atomic E-state index is 15.0. The van der Waals surface area contributed by atoms with E-state index < -0.39 is 11.6 Å². The largest absolute Gasteiger partial charge is 0.470 e. The lowest BCUT2D eigenvalue weighted by Gasteiger charge is -2.33. The maximum atomic E-state index is 15.0. The van der Waals surface area contributed by atoms with Gasteiger partial charge in [-0.05, 0) is 25.0 Å². The summed E-state index contributed by atoms with van der Waals surface area (Å²) in [7, 11) is 1.19. The van der Waals surface area contributed by atoms with Crippen molar-refractivity contribution < 1.29 is 18.7 Å². The average molecular weight is 292 g/mol. The highest BCUT2D eigenvalue weighted by Gasteiger charge is 2.48. The van der Waals surface area contributed by atoms with Gasteiger partial charge in [0.2, 0.25) is 5.67 Å². The van der Waals surface area contributed by atoms with E-state index in [1.54, 1.807) is 18.3 Å². The number of esters is 1. The molecule has 1 aliphatic heterocycles. The van der Waals surface area contributed by atoms with E-state index in [9.17, 15) is 4.79 Å². The number of ether oxygens (including phenoxy) is 2. The Morgan fingerprint density at radius 2 is 2.43 bits per heavy atom. The third kappa shape index (κ3) is 2.34. The summed E-state index contributed by atoms with van der Waals surface area (Å²) in [5.74, 6) is -0.186. The monoisotopic (exact) mass is 292 g/mol. The standard InChI is InChI=1S/C15H17FN2O3/c1-20-14(19)15(16)7-6-11(21-12-5-3-8-17-12)13-10(15)4-2-9-18-13/h2,4-5,9,11,17H,3,6-8H2,1H3/t11-,15-/m1/s1. The number of alkyl halides is 1. The molecule has 1 N–H and O–H groups in total. The fourth-order valence-electron chi connectivity index (χ4n) is 2.81. The van der Waals surface area contributed by atoms with Crippen LogP contribution in [0.25, 0.3) is 0 Å². The van der Waals surface area contributed by atoms with Gasteiger partial charge in [-0.25, -0.2) is 9.18 Å². The van der Waals surface area contributed by atoms with E-state index >= 15 is 4.39 Å². The molecule has 0 aromatic carbocycles. The first-order chi connectivity index (χ1) is 10.1. The van der Waals surface area contributed by atoms with Crippen molar-refractivity contribution in [2.24, 2.45) is 0 Å². The number of carbonyl (C=O) groups is 1. The number of hydrogen-bond donors (Lipinski definition) is 1. The predicted octanol–water partition coefficient (Wildman–Crippen LogP) is 2.11. The molecule has 0 saturated heterocycles. The van der Waals surface area contributed by atoms with Crippen LogP contribution in [0.3, 0.4) is 0 Å². The van der Waals surface area contributed by atoms with Gasteiger partial charge in [-0.3, -0.25) is 4.98 Å². The molecule has 1 aliphatic carbocycles. The molecule has 1 aromatic rings. The maximum Gasteiger partial charge on any atom is 0.348 e. The zero-order valence-electron chi connectivity index (χ0n) is 11.8. The van der Waals surface area contributed by atoms with Crippen LogP contribution in [0.5, 0.6) is 0 Å². The molecule has 2 atom stereocenters. The Morgan fingerprint density at radius 3 is 3.14 bits per heavy atom. The Hall–Kier alpha value is -2.11. The molecule has 0 bridgehead atoms. The molecule has 3 rings (SSSR count). The second-order valence-corrected chi connectivity index (χ2v) is 5.16. The summed E-state index contributed by atoms with van der Waals surface area (Å²) in [5, 5.41) is 3.12. The quantitative estimate of drug-likeness (QED) is 0.865. The molecule has 21 heavy (non-hydrogen) atoms. The van der Waals surface area contributed by atoms with E-state index in [-0.39, 0.29) is 18.1 Å². The predicted molar refractivity (Wildman–Crippen MR) is 72.8 cm³/mol. The lowest BCUT2D eigenvalue weighted by Crippen LogP contribution is -2.38. The molecule has 0 fully saturated rings. The number of halogens is 1. The summed E-state index contributed by atoms with van der Waals surface area (Å²) in [6.45, 7) is 0.840. The summed E-state index contributed by atoms with van der Waals surface area (Å²) in [6, 6.07) is 3.19. The van der Waals surface area contributed by atoms with Crippen molar-refractivity contribution in [3.05, 3.63) is 41.5 Å². The lowest BCUT2D eigenvalue weighted by molar-refractivity contribution is -0.157. The molecule has 6 heteroatoms. The fraction of sp³-hybridized carbons (Fsp3) is 0.467. The molecule has 5 nitrogen and oxygen atoms in total. The van der Waals surface area contributed by atoms with Crippen molar-refractivity contribution in [1.82, 2.24) is 10.3 Å². The SMILES string of the molecule is COC(=O)[C@@]1(F)CC[C@@H](OC2=CCCN2)c2ncccc21. The summed E-state index contributed by atoms with van der Waals surface area (Å²) < 4.78 is 25.5. The minimum absolute atomic E-state index is 0.0241. The van der Waals surface area contributed by atoms with Crippen molar-refractivity contribution >= 4 is 5.97 Å². The number of pyridine rings is 1. The third-order valence-electron chi connectivity index (χ3n) is 3.87. The van der Waals surface area contributed by atoms with E-state index in [1.807, 2.05) is 6.08 Å². The van der Waals surface area contributed by atoms with Crippen molar-refractivity contribution in [3.63, 3.8) is 0 Å². The van der Waals surface area contributed by atoms with Gasteiger partial charge in [0.1, 0.15) is 6.10 Å². The first-order valence-electron chi connectivity index (χ1n) is 6.98. The third-order valence-corrected chi connectivity index (χ3v) is 3.87. The van der Waals surface area contributed by atoms with Crippen LogP contribution in [-0.2, 0) is 19.9 Å². The average Bonchev–Trinajstić information content (AvgIpc) is 3.02. The molecule has 112 valence electrons. The van der Waals surface area contributed by atoms with Crippen molar-refractivity contribution in [3.8, 4) is 0 Å². The summed E-state index contributed by atoms with van der Waals surface area (Å²) in [4.78, 5) is 16.0. The Kier molecular flexibility index (Phi) is 3.53. The molecule has 1 aromatic heterocycles. The van der Waals surface area contributed by atoms with Crippen molar-refractivity contribution in [2.45, 2.75) is 31.0 Å². The van der Waals surface area contributed by atoms with E-state index in [0.717, 1.165) is 13.0 Å². The molecule has 2 heterocycles. The molecule has 2 aliphatic rings. The number of nitrogens with one attached hydrogen (secondary N) is 1. The smallest absolute Gasteiger partial charge is 0.348 e. The second kappa shape index (κ2) is 5.35. The van der Waals surface area contributed by atoms with Gasteiger partial charge in [0.15, 0.2) is 5.88 Å². The number of nitrogens with zero attached hydrogens (tertiary/aromatic N) is 1. The highest BCUT2D eigenvalue weighted by Crippen LogP contribution is 2.44. The molecular weight excluding hydrogens is 275 g/mol. The topological polar surface area (TPSA) is 60.5 Å². The van der Waals surface area contributed by atoms with E-state index in [4.69, 9.17) is 4.74 Å². The van der Waals surface area contributed by atoms with Gasteiger partial charge in [0.05, 0.1) is 12.8 Å². The van der Waals surface area contributed by atoms with Crippen LogP contribution in [0, 0.1) is 0 Å². The minimum Gasteiger partial charge on any atom is -0.470 e. The molecule has 0 amide bonds. The number of carbonyl (C=O) groups excluding carboxylic acids is 1. The van der Waals surface area contributed by atoms with Crippen LogP contribution in [0.2, 0.25) is 0 Å². The van der Waals surface area contributed by atoms with Gasteiger partial charge in [-0.2, -0.15) is 0 Å². The lowest BCUT2D eigenvalue weighted by atomic mass is 9.81. The van der Waals surface area contributed by atoms with Gasteiger partial charge in [0.25, 0.3) is 0 Å². The molecule has 0 unspecified atom stereocenters. The van der Waals surface area contributed by atoms with Gasteiger partial charge >= 0.3 is 5.97 Å². The first-order valence-corrected chi connectivity index (χ1v) is 6.98. The van der Waals surface area contributed by atoms with Crippen LogP contribution in [0.1, 0.15) is 36.6 Å². The summed E-state index contributed by atoms with van der Waals surface area (Å²) in [6.07, 6.45) is 4.48. The molecular formula is C15H17FN2O3. The van der Waals surface area contributed by atoms with Crippen molar-refractivity contribution in [2.75, 3.05) is 13.7 Å². The summed E-state index contributed by atoms with van der Waals surface area (Å²) >= 11 is 0. The minimum atomic E-state index is -2.14. The van der Waals surface area contributed by atoms with Crippen LogP contribution in [0.15, 0.2) is 30.3 Å². The second-order valence-electron chi connectivity index (χ2n) is 5.16. The van der Waals surface area contributed by atoms with Crippen LogP contribution >= 0.6 is 0 Å². The molecule has 0 radical (unpaired) electrons. The van der Waals surface area contributed by atoms with Gasteiger partial charge in [0, 0.05) is 24.7 Å². The highest BCUT2D eigenvalue weighted by molar-refractivity contribution is 5.82. The van der Waals surface area contributed by atoms with Gasteiger partial charge < -0.3 is 14.8 Å². The van der Waals surface area contributed by atoms with Crippen molar-refractivity contribution in [1.29, 1.82) is 0 Å². The molecule has 0 spiro atoms. The van der Waals surface area contributed by atoms with Crippen LogP contribution in [-0.4, -0.2) is 24.6 Å². The van der Waals surface area contributed by atoms with E-state index in [0.29, 0.717) is 18.0 Å². The van der Waals surface area contributed by atoms with Crippen LogP contribution < -0.4 is 5.32 Å². The number of aromatic nitrogens is 1.